The number of nitrogens with zero attached hydrogens (tertiary/aromatic N) is 1. The quantitative estimate of drug-likeness (QED) is 0.765. The van der Waals surface area contributed by atoms with E-state index in [-0.39, 0.29) is 6.04 Å². The first-order chi connectivity index (χ1) is 6.33. The van der Waals surface area contributed by atoms with E-state index in [1.807, 2.05) is 12.4 Å². The summed E-state index contributed by atoms with van der Waals surface area (Å²) in [6.07, 6.45) is 7.41. The summed E-state index contributed by atoms with van der Waals surface area (Å²) in [5.74, 6) is 0.729. The van der Waals surface area contributed by atoms with E-state index in [2.05, 4.69) is 18.0 Å². The van der Waals surface area contributed by atoms with Gasteiger partial charge in [0.25, 0.3) is 0 Å². The third-order valence-electron chi connectivity index (χ3n) is 2.81. The minimum absolute atomic E-state index is 0.248. The number of aryl methyl sites for hydroxylation is 1. The van der Waals surface area contributed by atoms with E-state index in [9.17, 15) is 0 Å². The van der Waals surface area contributed by atoms with Crippen LogP contribution in [0.4, 0.5) is 0 Å². The van der Waals surface area contributed by atoms with E-state index in [1.54, 1.807) is 0 Å². The van der Waals surface area contributed by atoms with E-state index in [1.165, 1.54) is 24.0 Å². The van der Waals surface area contributed by atoms with Crippen LogP contribution in [-0.4, -0.2) is 4.98 Å². The van der Waals surface area contributed by atoms with Crippen molar-refractivity contribution < 1.29 is 0 Å². The molecule has 2 rings (SSSR count). The number of hydrogen-bond donors (Lipinski definition) is 1. The van der Waals surface area contributed by atoms with E-state index in [0.717, 1.165) is 12.3 Å². The fourth-order valence-electron chi connectivity index (χ4n) is 1.77. The largest absolute Gasteiger partial charge is 0.324 e. The monoisotopic (exact) mass is 176 g/mol. The maximum absolute atomic E-state index is 6.15. The Hall–Kier alpha value is -0.890. The molecule has 1 aromatic rings. The molecule has 2 heteroatoms. The molecule has 1 saturated carbocycles. The van der Waals surface area contributed by atoms with Crippen LogP contribution < -0.4 is 5.73 Å². The molecule has 0 amide bonds. The maximum Gasteiger partial charge on any atom is 0.0327 e. The van der Waals surface area contributed by atoms with Crippen LogP contribution in [0.15, 0.2) is 18.5 Å². The van der Waals surface area contributed by atoms with Crippen LogP contribution in [0.1, 0.15) is 36.9 Å². The molecular weight excluding hydrogens is 160 g/mol. The summed E-state index contributed by atoms with van der Waals surface area (Å²) in [7, 11) is 0. The lowest BCUT2D eigenvalue weighted by molar-refractivity contribution is 0.626. The molecule has 0 aromatic carbocycles. The Balaban J connectivity index is 2.26. The average molecular weight is 176 g/mol. The first-order valence-electron chi connectivity index (χ1n) is 5.01. The highest BCUT2D eigenvalue weighted by Crippen LogP contribution is 2.40. The molecule has 0 radical (unpaired) electrons. The van der Waals surface area contributed by atoms with Crippen LogP contribution in [0, 0.1) is 5.92 Å². The Kier molecular flexibility index (Phi) is 2.32. The van der Waals surface area contributed by atoms with Gasteiger partial charge in [0.1, 0.15) is 0 Å². The molecule has 0 spiro atoms. The van der Waals surface area contributed by atoms with Crippen molar-refractivity contribution in [3.05, 3.63) is 29.6 Å². The van der Waals surface area contributed by atoms with Crippen molar-refractivity contribution in [2.24, 2.45) is 11.7 Å². The Morgan fingerprint density at radius 2 is 2.38 bits per heavy atom. The van der Waals surface area contributed by atoms with Gasteiger partial charge in [-0.15, -0.1) is 0 Å². The number of rotatable bonds is 3. The molecule has 2 N–H and O–H groups in total. The van der Waals surface area contributed by atoms with Gasteiger partial charge in [0.15, 0.2) is 0 Å². The third-order valence-corrected chi connectivity index (χ3v) is 2.81. The fraction of sp³-hybridized carbons (Fsp3) is 0.545. The molecule has 1 fully saturated rings. The number of nitrogens with two attached hydrogens (primary N) is 1. The highest BCUT2D eigenvalue weighted by atomic mass is 14.7. The van der Waals surface area contributed by atoms with E-state index in [4.69, 9.17) is 5.73 Å². The highest BCUT2D eigenvalue weighted by Gasteiger charge is 2.30. The molecule has 1 aliphatic rings. The standard InChI is InChI=1S/C11H16N2/c1-2-8-7-13-6-5-10(8)11(12)9-3-4-9/h5-7,9,11H,2-4,12H2,1H3. The molecule has 1 heterocycles. The van der Waals surface area contributed by atoms with E-state index in [0.29, 0.717) is 0 Å². The van der Waals surface area contributed by atoms with Gasteiger partial charge in [-0.05, 0) is 42.4 Å². The zero-order valence-corrected chi connectivity index (χ0v) is 8.03. The summed E-state index contributed by atoms with van der Waals surface area (Å²) in [6.45, 7) is 2.15. The fourth-order valence-corrected chi connectivity index (χ4v) is 1.77. The molecule has 1 unspecified atom stereocenters. The minimum Gasteiger partial charge on any atom is -0.324 e. The molecule has 0 saturated heterocycles. The summed E-state index contributed by atoms with van der Waals surface area (Å²) < 4.78 is 0. The maximum atomic E-state index is 6.15. The molecule has 1 atom stereocenters. The van der Waals surface area contributed by atoms with E-state index >= 15 is 0 Å². The Morgan fingerprint density at radius 1 is 1.62 bits per heavy atom. The highest BCUT2D eigenvalue weighted by molar-refractivity contribution is 5.27. The van der Waals surface area contributed by atoms with Crippen LogP contribution in [0.25, 0.3) is 0 Å². The smallest absolute Gasteiger partial charge is 0.0327 e. The van der Waals surface area contributed by atoms with Crippen molar-refractivity contribution in [2.45, 2.75) is 32.2 Å². The molecule has 0 bridgehead atoms. The Morgan fingerprint density at radius 3 is 3.00 bits per heavy atom. The van der Waals surface area contributed by atoms with Gasteiger partial charge in [-0.25, -0.2) is 0 Å². The first-order valence-corrected chi connectivity index (χ1v) is 5.01. The average Bonchev–Trinajstić information content (AvgIpc) is 3.00. The Labute approximate surface area is 79.2 Å². The SMILES string of the molecule is CCc1cnccc1C(N)C1CC1. The van der Waals surface area contributed by atoms with Gasteiger partial charge >= 0.3 is 0 Å². The van der Waals surface area contributed by atoms with E-state index < -0.39 is 0 Å². The van der Waals surface area contributed by atoms with Crippen molar-refractivity contribution >= 4 is 0 Å². The van der Waals surface area contributed by atoms with Crippen LogP contribution >= 0.6 is 0 Å². The zero-order chi connectivity index (χ0) is 9.26. The summed E-state index contributed by atoms with van der Waals surface area (Å²) in [5.41, 5.74) is 8.76. The van der Waals surface area contributed by atoms with Crippen LogP contribution in [0.5, 0.6) is 0 Å². The second-order valence-corrected chi connectivity index (χ2v) is 3.79. The van der Waals surface area contributed by atoms with Crippen molar-refractivity contribution in [3.8, 4) is 0 Å². The number of hydrogen-bond acceptors (Lipinski definition) is 2. The van der Waals surface area contributed by atoms with Crippen LogP contribution in [0.3, 0.4) is 0 Å². The third kappa shape index (κ3) is 1.73. The summed E-state index contributed by atoms with van der Waals surface area (Å²) >= 11 is 0. The lowest BCUT2D eigenvalue weighted by atomic mass is 9.98. The molecule has 2 nitrogen and oxygen atoms in total. The molecule has 0 aliphatic heterocycles. The first kappa shape index (κ1) is 8.70. The van der Waals surface area contributed by atoms with Crippen LogP contribution in [-0.2, 0) is 6.42 Å². The second-order valence-electron chi connectivity index (χ2n) is 3.79. The van der Waals surface area contributed by atoms with Crippen molar-refractivity contribution in [2.75, 3.05) is 0 Å². The molecule has 1 aliphatic carbocycles. The molecular formula is C11H16N2. The summed E-state index contributed by atoms with van der Waals surface area (Å²) in [6, 6.07) is 2.32. The van der Waals surface area contributed by atoms with Crippen LogP contribution in [0.2, 0.25) is 0 Å². The number of pyridine rings is 1. The second kappa shape index (κ2) is 3.46. The lowest BCUT2D eigenvalue weighted by Gasteiger charge is -2.14. The minimum atomic E-state index is 0.248. The summed E-state index contributed by atoms with van der Waals surface area (Å²) in [4.78, 5) is 4.12. The predicted octanol–water partition coefficient (Wildman–Crippen LogP) is 2.05. The van der Waals surface area contributed by atoms with Gasteiger partial charge in [0, 0.05) is 18.4 Å². The van der Waals surface area contributed by atoms with Crippen molar-refractivity contribution in [1.82, 2.24) is 4.98 Å². The van der Waals surface area contributed by atoms with Gasteiger partial charge < -0.3 is 5.73 Å². The van der Waals surface area contributed by atoms with Crippen molar-refractivity contribution in [1.29, 1.82) is 0 Å². The zero-order valence-electron chi connectivity index (χ0n) is 8.03. The van der Waals surface area contributed by atoms with Gasteiger partial charge in [-0.1, -0.05) is 6.92 Å². The van der Waals surface area contributed by atoms with Gasteiger partial charge in [0.05, 0.1) is 0 Å². The predicted molar refractivity (Wildman–Crippen MR) is 53.3 cm³/mol. The van der Waals surface area contributed by atoms with Gasteiger partial charge in [-0.2, -0.15) is 0 Å². The van der Waals surface area contributed by atoms with Gasteiger partial charge in [-0.3, -0.25) is 4.98 Å². The topological polar surface area (TPSA) is 38.9 Å². The normalized spacial score (nSPS) is 18.6. The lowest BCUT2D eigenvalue weighted by Crippen LogP contribution is -2.14. The summed E-state index contributed by atoms with van der Waals surface area (Å²) in [5, 5.41) is 0. The van der Waals surface area contributed by atoms with Crippen molar-refractivity contribution in [3.63, 3.8) is 0 Å². The Bertz CT molecular complexity index is 292. The molecule has 70 valence electrons. The molecule has 1 aromatic heterocycles. The molecule has 13 heavy (non-hydrogen) atoms. The van der Waals surface area contributed by atoms with Gasteiger partial charge in [0.2, 0.25) is 0 Å². The number of aromatic nitrogens is 1.